The van der Waals surface area contributed by atoms with Crippen LogP contribution >= 0.6 is 7.67 Å². The van der Waals surface area contributed by atoms with Crippen molar-refractivity contribution in [2.45, 2.75) is 26.7 Å². The van der Waals surface area contributed by atoms with Crippen molar-refractivity contribution in [1.82, 2.24) is 4.67 Å². The zero-order chi connectivity index (χ0) is 9.61. The van der Waals surface area contributed by atoms with E-state index in [4.69, 9.17) is 10.0 Å². The van der Waals surface area contributed by atoms with E-state index in [-0.39, 0.29) is 0 Å². The van der Waals surface area contributed by atoms with Crippen LogP contribution in [0.5, 0.6) is 0 Å². The second-order valence-electron chi connectivity index (χ2n) is 2.70. The van der Waals surface area contributed by atoms with E-state index in [1.165, 1.54) is 7.11 Å². The minimum atomic E-state index is -2.98. The molecule has 0 radical (unpaired) electrons. The van der Waals surface area contributed by atoms with Crippen molar-refractivity contribution in [3.05, 3.63) is 0 Å². The number of hydrogen-bond acceptors (Lipinski definition) is 2. The first kappa shape index (κ1) is 12.1. The van der Waals surface area contributed by atoms with Crippen molar-refractivity contribution in [3.63, 3.8) is 0 Å². The fraction of sp³-hybridized carbons (Fsp3) is 1.00. The predicted octanol–water partition coefficient (Wildman–Crippen LogP) is 1.82. The highest BCUT2D eigenvalue weighted by Gasteiger charge is 2.23. The van der Waals surface area contributed by atoms with Crippen LogP contribution in [0.3, 0.4) is 0 Å². The van der Waals surface area contributed by atoms with Crippen LogP contribution in [0.15, 0.2) is 0 Å². The maximum absolute atomic E-state index is 11.5. The van der Waals surface area contributed by atoms with Gasteiger partial charge in [-0.05, 0) is 12.8 Å². The van der Waals surface area contributed by atoms with Crippen LogP contribution in [-0.4, -0.2) is 24.9 Å². The van der Waals surface area contributed by atoms with Gasteiger partial charge in [0.15, 0.2) is 0 Å². The van der Waals surface area contributed by atoms with Crippen LogP contribution in [-0.2, 0) is 9.09 Å². The lowest BCUT2D eigenvalue weighted by atomic mass is 10.4. The molecule has 0 aliphatic carbocycles. The fourth-order valence-electron chi connectivity index (χ4n) is 1.02. The Kier molecular flexibility index (Phi) is 5.76. The maximum atomic E-state index is 11.5. The summed E-state index contributed by atoms with van der Waals surface area (Å²) in [4.78, 5) is 0. The summed E-state index contributed by atoms with van der Waals surface area (Å²) in [6.45, 7) is 5.52. The fourth-order valence-corrected chi connectivity index (χ4v) is 2.21. The Morgan fingerprint density at radius 1 is 1.33 bits per heavy atom. The molecule has 0 aliphatic heterocycles. The van der Waals surface area contributed by atoms with Gasteiger partial charge >= 0.3 is 7.67 Å². The van der Waals surface area contributed by atoms with Gasteiger partial charge in [-0.25, -0.2) is 10.2 Å². The second kappa shape index (κ2) is 5.70. The summed E-state index contributed by atoms with van der Waals surface area (Å²) in [7, 11) is -1.60. The van der Waals surface area contributed by atoms with E-state index >= 15 is 0 Å². The molecule has 74 valence electrons. The molecule has 1 atom stereocenters. The van der Waals surface area contributed by atoms with Crippen molar-refractivity contribution < 1.29 is 9.09 Å². The average molecular weight is 194 g/mol. The summed E-state index contributed by atoms with van der Waals surface area (Å²) >= 11 is 0. The van der Waals surface area contributed by atoms with Crippen molar-refractivity contribution in [2.75, 3.05) is 20.2 Å². The van der Waals surface area contributed by atoms with E-state index in [0.717, 1.165) is 25.9 Å². The summed E-state index contributed by atoms with van der Waals surface area (Å²) in [5.41, 5.74) is 5.49. The highest BCUT2D eigenvalue weighted by atomic mass is 31.2. The summed E-state index contributed by atoms with van der Waals surface area (Å²) in [5.74, 6) is 0. The lowest BCUT2D eigenvalue weighted by Crippen LogP contribution is -2.26. The SMILES string of the molecule is CCCN(CCC)P(N)(=O)OC. The van der Waals surface area contributed by atoms with Gasteiger partial charge in [-0.2, -0.15) is 0 Å². The summed E-state index contributed by atoms with van der Waals surface area (Å²) in [6, 6.07) is 0. The molecule has 0 aliphatic rings. The lowest BCUT2D eigenvalue weighted by molar-refractivity contribution is 0.304. The van der Waals surface area contributed by atoms with Crippen LogP contribution < -0.4 is 5.50 Å². The quantitative estimate of drug-likeness (QED) is 0.655. The van der Waals surface area contributed by atoms with Crippen molar-refractivity contribution in [1.29, 1.82) is 0 Å². The van der Waals surface area contributed by atoms with Crippen molar-refractivity contribution in [3.8, 4) is 0 Å². The van der Waals surface area contributed by atoms with E-state index < -0.39 is 7.67 Å². The first-order valence-corrected chi connectivity index (χ1v) is 5.92. The van der Waals surface area contributed by atoms with Gasteiger partial charge in [0.1, 0.15) is 0 Å². The third kappa shape index (κ3) is 3.68. The molecule has 0 saturated carbocycles. The largest absolute Gasteiger partial charge is 0.340 e. The molecule has 0 aromatic heterocycles. The molecule has 0 rings (SSSR count). The van der Waals surface area contributed by atoms with Gasteiger partial charge in [0.05, 0.1) is 0 Å². The molecule has 0 heterocycles. The van der Waals surface area contributed by atoms with Crippen LogP contribution in [0.4, 0.5) is 0 Å². The van der Waals surface area contributed by atoms with Gasteiger partial charge in [-0.3, -0.25) is 4.57 Å². The molecule has 12 heavy (non-hydrogen) atoms. The number of nitrogens with two attached hydrogens (primary N) is 1. The van der Waals surface area contributed by atoms with Crippen LogP contribution in [0.25, 0.3) is 0 Å². The molecule has 4 nitrogen and oxygen atoms in total. The predicted molar refractivity (Wildman–Crippen MR) is 51.0 cm³/mol. The molecule has 5 heteroatoms. The first-order valence-electron chi connectivity index (χ1n) is 4.28. The summed E-state index contributed by atoms with van der Waals surface area (Å²) in [6.07, 6.45) is 1.87. The van der Waals surface area contributed by atoms with E-state index in [9.17, 15) is 4.57 Å². The minimum Gasteiger partial charge on any atom is -0.310 e. The minimum absolute atomic E-state index is 0.732. The number of nitrogens with zero attached hydrogens (tertiary/aromatic N) is 1. The monoisotopic (exact) mass is 194 g/mol. The van der Waals surface area contributed by atoms with Gasteiger partial charge in [-0.15, -0.1) is 0 Å². The Morgan fingerprint density at radius 3 is 2.00 bits per heavy atom. The van der Waals surface area contributed by atoms with Crippen LogP contribution in [0.2, 0.25) is 0 Å². The third-order valence-corrected chi connectivity index (χ3v) is 3.33. The van der Waals surface area contributed by atoms with E-state index in [1.54, 1.807) is 4.67 Å². The summed E-state index contributed by atoms with van der Waals surface area (Å²) in [5, 5.41) is 0. The Morgan fingerprint density at radius 2 is 1.75 bits per heavy atom. The Labute approximate surface area is 74.6 Å². The highest BCUT2D eigenvalue weighted by molar-refractivity contribution is 7.53. The van der Waals surface area contributed by atoms with Gasteiger partial charge < -0.3 is 4.52 Å². The second-order valence-corrected chi connectivity index (χ2v) is 4.76. The molecule has 1 unspecified atom stereocenters. The maximum Gasteiger partial charge on any atom is 0.340 e. The van der Waals surface area contributed by atoms with E-state index in [2.05, 4.69) is 0 Å². The Hall–Kier alpha value is 0.110. The van der Waals surface area contributed by atoms with Crippen LogP contribution in [0, 0.1) is 0 Å². The highest BCUT2D eigenvalue weighted by Crippen LogP contribution is 2.41. The standard InChI is InChI=1S/C7H19N2O2P/c1-4-6-9(7-5-2)12(8,10)11-3/h4-7H2,1-3H3,(H2,8,10). The van der Waals surface area contributed by atoms with Gasteiger partial charge in [0, 0.05) is 20.2 Å². The smallest absolute Gasteiger partial charge is 0.310 e. The van der Waals surface area contributed by atoms with Crippen molar-refractivity contribution in [2.24, 2.45) is 5.50 Å². The normalized spacial score (nSPS) is 16.4. The molecule has 0 spiro atoms. The molecule has 0 bridgehead atoms. The summed E-state index contributed by atoms with van der Waals surface area (Å²) < 4.78 is 18.0. The number of rotatable bonds is 6. The first-order chi connectivity index (χ1) is 5.58. The van der Waals surface area contributed by atoms with Gasteiger partial charge in [0.2, 0.25) is 0 Å². The van der Waals surface area contributed by atoms with Crippen molar-refractivity contribution >= 4 is 7.67 Å². The van der Waals surface area contributed by atoms with E-state index in [0.29, 0.717) is 0 Å². The Bertz CT molecular complexity index is 157. The third-order valence-electron chi connectivity index (χ3n) is 1.62. The van der Waals surface area contributed by atoms with Gasteiger partial charge in [-0.1, -0.05) is 13.8 Å². The van der Waals surface area contributed by atoms with Crippen LogP contribution in [0.1, 0.15) is 26.7 Å². The molecule has 0 fully saturated rings. The molecular weight excluding hydrogens is 175 g/mol. The molecule has 0 amide bonds. The zero-order valence-corrected chi connectivity index (χ0v) is 9.01. The average Bonchev–Trinajstić information content (AvgIpc) is 2.04. The van der Waals surface area contributed by atoms with E-state index in [1.807, 2.05) is 13.8 Å². The molecule has 0 aromatic rings. The number of hydrogen-bond donors (Lipinski definition) is 1. The molecule has 0 saturated heterocycles. The topological polar surface area (TPSA) is 55.6 Å². The molecule has 0 aromatic carbocycles. The van der Waals surface area contributed by atoms with Gasteiger partial charge in [0.25, 0.3) is 0 Å². The lowest BCUT2D eigenvalue weighted by Gasteiger charge is -2.25. The Balaban J connectivity index is 4.17. The molecular formula is C7H19N2O2P. The zero-order valence-electron chi connectivity index (χ0n) is 8.12. The molecule has 2 N–H and O–H groups in total.